The molecule has 8 bridgehead atoms. The van der Waals surface area contributed by atoms with Gasteiger partial charge in [-0.25, -0.2) is 15.0 Å². The van der Waals surface area contributed by atoms with Gasteiger partial charge in [-0.2, -0.15) is 0 Å². The highest BCUT2D eigenvalue weighted by atomic mass is 16.2. The fourth-order valence-electron chi connectivity index (χ4n) is 7.15. The summed E-state index contributed by atoms with van der Waals surface area (Å²) in [6, 6.07) is 44.1. The summed E-state index contributed by atoms with van der Waals surface area (Å²) in [6.45, 7) is 0. The molecular formula is C46H30N4O2. The Kier molecular flexibility index (Phi) is 7.67. The average molecular weight is 671 g/mol. The van der Waals surface area contributed by atoms with Gasteiger partial charge in [-0.1, -0.05) is 121 Å². The molecule has 0 atom stereocenters. The minimum Gasteiger partial charge on any atom is -0.515 e. The minimum atomic E-state index is 0.470. The SMILES string of the molecule is O=CC1=CC2=C(c3ccccc3)C3=NC(=C(c4ccccc4)C4=C/C(=C/O)C(=N4)C(c4ccccc4)=c4ccc([nH]4)=C(c4ccccc4)C1=N2)C=C3. The van der Waals surface area contributed by atoms with Gasteiger partial charge in [-0.15, -0.1) is 0 Å². The lowest BCUT2D eigenvalue weighted by molar-refractivity contribution is -0.104. The van der Waals surface area contributed by atoms with E-state index in [0.29, 0.717) is 39.7 Å². The van der Waals surface area contributed by atoms with Gasteiger partial charge in [-0.3, -0.25) is 4.79 Å². The Morgan fingerprint density at radius 1 is 0.500 bits per heavy atom. The Morgan fingerprint density at radius 2 is 1.02 bits per heavy atom. The molecule has 9 rings (SSSR count). The van der Waals surface area contributed by atoms with Crippen LogP contribution in [0.4, 0.5) is 0 Å². The van der Waals surface area contributed by atoms with Crippen molar-refractivity contribution in [2.24, 2.45) is 15.0 Å². The van der Waals surface area contributed by atoms with E-state index < -0.39 is 0 Å². The fraction of sp³-hybridized carbons (Fsp3) is 0. The standard InChI is InChI=1S/C46H30N4O2/c51-27-33-25-39-41(29-13-5-1-6-14-29)35-21-22-36(47-35)42(30-15-7-2-8-16-30)40-26-34(28-52)46(50-40)44(32-19-11-4-12-20-32)38-24-23-37(48-38)43(45(33)49-39)31-17-9-3-10-18-31/h1-28,48,51H/b33-27-,41-35?,42-40?,43-37?,44-38?. The Morgan fingerprint density at radius 3 is 1.56 bits per heavy atom. The lowest BCUT2D eigenvalue weighted by atomic mass is 9.96. The molecule has 5 aromatic rings. The molecule has 52 heavy (non-hydrogen) atoms. The first-order chi connectivity index (χ1) is 25.7. The number of allylic oxidation sites excluding steroid dienone is 8. The number of benzene rings is 4. The van der Waals surface area contributed by atoms with Crippen molar-refractivity contribution < 1.29 is 9.90 Å². The lowest BCUT2D eigenvalue weighted by Gasteiger charge is -2.12. The summed E-state index contributed by atoms with van der Waals surface area (Å²) in [7, 11) is 0. The van der Waals surface area contributed by atoms with Gasteiger partial charge < -0.3 is 10.1 Å². The third-order valence-corrected chi connectivity index (χ3v) is 9.47. The van der Waals surface area contributed by atoms with Crippen molar-refractivity contribution in [1.29, 1.82) is 0 Å². The molecule has 6 heteroatoms. The van der Waals surface area contributed by atoms with Crippen LogP contribution in [0.5, 0.6) is 0 Å². The summed E-state index contributed by atoms with van der Waals surface area (Å²) in [5.41, 5.74) is 11.9. The number of rotatable bonds is 5. The van der Waals surface area contributed by atoms with Crippen LogP contribution < -0.4 is 10.7 Å². The van der Waals surface area contributed by atoms with Crippen molar-refractivity contribution in [2.75, 3.05) is 0 Å². The van der Waals surface area contributed by atoms with Crippen molar-refractivity contribution >= 4 is 45.7 Å². The maximum absolute atomic E-state index is 12.9. The number of hydrogen-bond donors (Lipinski definition) is 2. The molecule has 4 aliphatic heterocycles. The summed E-state index contributed by atoms with van der Waals surface area (Å²) >= 11 is 0. The summed E-state index contributed by atoms with van der Waals surface area (Å²) in [5.74, 6) is 0. The maximum Gasteiger partial charge on any atom is 0.152 e. The number of aromatic nitrogens is 1. The van der Waals surface area contributed by atoms with Crippen LogP contribution in [0.1, 0.15) is 22.3 Å². The van der Waals surface area contributed by atoms with Crippen molar-refractivity contribution in [2.45, 2.75) is 0 Å². The van der Waals surface area contributed by atoms with E-state index in [-0.39, 0.29) is 0 Å². The van der Waals surface area contributed by atoms with Gasteiger partial charge in [0.25, 0.3) is 0 Å². The van der Waals surface area contributed by atoms with Gasteiger partial charge in [-0.05, 0) is 58.7 Å². The second kappa shape index (κ2) is 12.9. The zero-order valence-corrected chi connectivity index (χ0v) is 27.9. The molecule has 1 aromatic heterocycles. The molecule has 0 aliphatic carbocycles. The zero-order chi connectivity index (χ0) is 35.0. The number of H-pyrrole nitrogens is 1. The Balaban J connectivity index is 1.46. The van der Waals surface area contributed by atoms with Crippen LogP contribution in [0.3, 0.4) is 0 Å². The second-order valence-electron chi connectivity index (χ2n) is 12.6. The number of aliphatic hydroxyl groups excluding tert-OH is 1. The molecule has 246 valence electrons. The number of aromatic amines is 1. The van der Waals surface area contributed by atoms with Gasteiger partial charge in [0.15, 0.2) is 6.29 Å². The monoisotopic (exact) mass is 670 g/mol. The molecule has 4 aliphatic rings. The molecule has 5 heterocycles. The Bertz CT molecular complexity index is 2700. The van der Waals surface area contributed by atoms with Crippen molar-refractivity contribution in [3.8, 4) is 0 Å². The molecule has 0 saturated carbocycles. The summed E-state index contributed by atoms with van der Waals surface area (Å²) < 4.78 is 0. The molecule has 0 unspecified atom stereocenters. The second-order valence-corrected chi connectivity index (χ2v) is 12.6. The quantitative estimate of drug-likeness (QED) is 0.149. The molecular weight excluding hydrogens is 641 g/mol. The van der Waals surface area contributed by atoms with E-state index in [4.69, 9.17) is 15.0 Å². The van der Waals surface area contributed by atoms with Crippen LogP contribution in [-0.2, 0) is 4.79 Å². The molecule has 0 saturated heterocycles. The number of nitrogens with zero attached hydrogens (tertiary/aromatic N) is 3. The van der Waals surface area contributed by atoms with Crippen LogP contribution >= 0.6 is 0 Å². The third kappa shape index (κ3) is 5.30. The van der Waals surface area contributed by atoms with Gasteiger partial charge in [0.1, 0.15) is 0 Å². The number of nitrogens with one attached hydrogen (secondary N) is 1. The third-order valence-electron chi connectivity index (χ3n) is 9.47. The predicted octanol–water partition coefficient (Wildman–Crippen LogP) is 7.62. The molecule has 4 aromatic carbocycles. The van der Waals surface area contributed by atoms with Crippen LogP contribution in [0.25, 0.3) is 22.3 Å². The maximum atomic E-state index is 12.9. The number of aliphatic hydroxyl groups is 1. The summed E-state index contributed by atoms with van der Waals surface area (Å²) in [4.78, 5) is 32.4. The largest absolute Gasteiger partial charge is 0.515 e. The van der Waals surface area contributed by atoms with Crippen LogP contribution in [0, 0.1) is 0 Å². The minimum absolute atomic E-state index is 0.470. The highest BCUT2D eigenvalue weighted by Gasteiger charge is 2.29. The highest BCUT2D eigenvalue weighted by molar-refractivity contribution is 6.41. The number of fused-ring (bicyclic) bond motifs is 5. The molecule has 0 amide bonds. The number of carbonyl (C=O) groups is 1. The average Bonchev–Trinajstić information content (AvgIpc) is 4.03. The van der Waals surface area contributed by atoms with E-state index in [1.165, 1.54) is 0 Å². The topological polar surface area (TPSA) is 90.2 Å². The number of aldehydes is 1. The van der Waals surface area contributed by atoms with Gasteiger partial charge in [0.2, 0.25) is 0 Å². The van der Waals surface area contributed by atoms with Crippen molar-refractivity contribution in [3.05, 3.63) is 225 Å². The zero-order valence-electron chi connectivity index (χ0n) is 27.9. The number of carbonyl (C=O) groups excluding carboxylic acids is 1. The van der Waals surface area contributed by atoms with Crippen molar-refractivity contribution in [3.63, 3.8) is 0 Å². The Labute approximate surface area is 300 Å². The number of hydrogen-bond acceptors (Lipinski definition) is 5. The highest BCUT2D eigenvalue weighted by Crippen LogP contribution is 2.39. The van der Waals surface area contributed by atoms with Gasteiger partial charge in [0, 0.05) is 44.1 Å². The van der Waals surface area contributed by atoms with Gasteiger partial charge in [0.05, 0.1) is 40.5 Å². The van der Waals surface area contributed by atoms with Crippen LogP contribution in [-0.4, -0.2) is 33.5 Å². The van der Waals surface area contributed by atoms with Gasteiger partial charge >= 0.3 is 0 Å². The first-order valence-electron chi connectivity index (χ1n) is 17.0. The van der Waals surface area contributed by atoms with E-state index in [1.807, 2.05) is 158 Å². The van der Waals surface area contributed by atoms with Crippen molar-refractivity contribution in [1.82, 2.24) is 4.98 Å². The van der Waals surface area contributed by atoms with Crippen LogP contribution in [0.2, 0.25) is 0 Å². The molecule has 0 fully saturated rings. The van der Waals surface area contributed by atoms with E-state index >= 15 is 0 Å². The first kappa shape index (κ1) is 30.8. The Hall–Kier alpha value is -7.18. The van der Waals surface area contributed by atoms with E-state index in [0.717, 1.165) is 73.5 Å². The van der Waals surface area contributed by atoms with E-state index in [2.05, 4.69) is 4.98 Å². The molecule has 0 radical (unpaired) electrons. The molecule has 0 spiro atoms. The lowest BCUT2D eigenvalue weighted by Crippen LogP contribution is -2.22. The normalized spacial score (nSPS) is 17.3. The van der Waals surface area contributed by atoms with E-state index in [9.17, 15) is 9.90 Å². The smallest absolute Gasteiger partial charge is 0.152 e. The summed E-state index contributed by atoms with van der Waals surface area (Å²) in [6.07, 6.45) is 9.77. The van der Waals surface area contributed by atoms with Crippen LogP contribution in [0.15, 0.2) is 207 Å². The molecule has 2 N–H and O–H groups in total. The molecule has 6 nitrogen and oxygen atoms in total. The first-order valence-corrected chi connectivity index (χ1v) is 17.0. The van der Waals surface area contributed by atoms with E-state index in [1.54, 1.807) is 0 Å². The summed E-state index contributed by atoms with van der Waals surface area (Å²) in [5, 5.41) is 12.3. The number of aliphatic imine (C=N–C) groups is 3. The predicted molar refractivity (Wildman–Crippen MR) is 209 cm³/mol. The fourth-order valence-corrected chi connectivity index (χ4v) is 7.15.